The number of halogens is 3. The molecule has 1 unspecified atom stereocenters. The molecular formula is C29H34F3N3O5. The number of hydrogen-bond acceptors (Lipinski definition) is 5. The minimum absolute atomic E-state index is 0.0266. The second-order valence-electron chi connectivity index (χ2n) is 10.6. The highest BCUT2D eigenvalue weighted by Gasteiger charge is 2.64. The summed E-state index contributed by atoms with van der Waals surface area (Å²) in [6, 6.07) is 14.2. The Morgan fingerprint density at radius 3 is 2.27 bits per heavy atom. The predicted molar refractivity (Wildman–Crippen MR) is 140 cm³/mol. The van der Waals surface area contributed by atoms with Gasteiger partial charge in [-0.2, -0.15) is 13.2 Å². The lowest BCUT2D eigenvalue weighted by Crippen LogP contribution is -2.60. The molecule has 2 aromatic carbocycles. The molecule has 216 valence electrons. The first-order valence-electron chi connectivity index (χ1n) is 13.1. The fourth-order valence-corrected chi connectivity index (χ4v) is 5.85. The molecule has 40 heavy (non-hydrogen) atoms. The van der Waals surface area contributed by atoms with E-state index in [1.807, 2.05) is 12.1 Å². The Labute approximate surface area is 231 Å². The van der Waals surface area contributed by atoms with Crippen LogP contribution in [0.5, 0.6) is 5.75 Å². The van der Waals surface area contributed by atoms with Crippen molar-refractivity contribution >= 4 is 17.7 Å². The molecule has 2 aliphatic heterocycles. The maximum atomic E-state index is 14.5. The molecule has 11 heteroatoms. The number of piperidine rings is 2. The van der Waals surface area contributed by atoms with E-state index in [1.54, 1.807) is 32.3 Å². The molecule has 4 rings (SSSR count). The fraction of sp³-hybridized carbons (Fsp3) is 0.483. The smallest absolute Gasteiger partial charge is 0.430 e. The van der Waals surface area contributed by atoms with E-state index < -0.39 is 23.1 Å². The summed E-state index contributed by atoms with van der Waals surface area (Å²) in [5.74, 6) is -1.25. The Morgan fingerprint density at radius 1 is 1.05 bits per heavy atom. The normalized spacial score (nSPS) is 20.4. The lowest BCUT2D eigenvalue weighted by atomic mass is 9.62. The van der Waals surface area contributed by atoms with Crippen LogP contribution in [-0.4, -0.2) is 81.1 Å². The number of ether oxygens (including phenoxy) is 2. The molecule has 2 aliphatic rings. The van der Waals surface area contributed by atoms with E-state index in [1.165, 1.54) is 34.1 Å². The molecule has 1 N–H and O–H groups in total. The molecule has 2 saturated heterocycles. The van der Waals surface area contributed by atoms with Crippen LogP contribution < -0.4 is 10.1 Å². The largest absolute Gasteiger partial charge is 0.483 e. The van der Waals surface area contributed by atoms with Gasteiger partial charge < -0.3 is 24.6 Å². The highest BCUT2D eigenvalue weighted by molar-refractivity contribution is 5.88. The van der Waals surface area contributed by atoms with Crippen molar-refractivity contribution in [3.8, 4) is 5.75 Å². The van der Waals surface area contributed by atoms with Crippen molar-refractivity contribution in [2.75, 3.05) is 47.4 Å². The standard InChI is InChI=1S/C29H34F3N3O5/c1-34(2)25(37)19-40-23-12-8-7-11-21(23)22-18-33-24(36)17-27(22)13-15-35(16-14-27)26(38)28(39-3,29(30,31)32)20-9-5-4-6-10-20/h4-12,22H,13-19H2,1-3H3,(H,33,36)/t22?,28-/m1/s1. The Bertz CT molecular complexity index is 1230. The average molecular weight is 562 g/mol. The monoisotopic (exact) mass is 561 g/mol. The first kappa shape index (κ1) is 29.4. The second kappa shape index (κ2) is 11.5. The summed E-state index contributed by atoms with van der Waals surface area (Å²) in [5.41, 5.74) is -3.23. The quantitative estimate of drug-likeness (QED) is 0.560. The number of benzene rings is 2. The van der Waals surface area contributed by atoms with Gasteiger partial charge in [0.2, 0.25) is 5.91 Å². The molecular weight excluding hydrogens is 527 g/mol. The van der Waals surface area contributed by atoms with E-state index in [4.69, 9.17) is 9.47 Å². The van der Waals surface area contributed by atoms with Crippen LogP contribution in [0.4, 0.5) is 13.2 Å². The predicted octanol–water partition coefficient (Wildman–Crippen LogP) is 3.47. The molecule has 0 aromatic heterocycles. The highest BCUT2D eigenvalue weighted by Crippen LogP contribution is 2.52. The molecule has 8 nitrogen and oxygen atoms in total. The fourth-order valence-electron chi connectivity index (χ4n) is 5.85. The van der Waals surface area contributed by atoms with Gasteiger partial charge in [0.1, 0.15) is 5.75 Å². The van der Waals surface area contributed by atoms with Crippen LogP contribution in [0.3, 0.4) is 0 Å². The molecule has 2 fully saturated rings. The molecule has 0 radical (unpaired) electrons. The number of alkyl halides is 3. The van der Waals surface area contributed by atoms with Crippen molar-refractivity contribution in [2.45, 2.75) is 37.0 Å². The van der Waals surface area contributed by atoms with Gasteiger partial charge in [-0.1, -0.05) is 48.5 Å². The van der Waals surface area contributed by atoms with Gasteiger partial charge in [-0.25, -0.2) is 0 Å². The zero-order valence-corrected chi connectivity index (χ0v) is 22.8. The third-order valence-electron chi connectivity index (χ3n) is 8.13. The zero-order valence-electron chi connectivity index (χ0n) is 22.8. The zero-order chi connectivity index (χ0) is 29.1. The van der Waals surface area contributed by atoms with E-state index >= 15 is 0 Å². The first-order valence-corrected chi connectivity index (χ1v) is 13.1. The number of para-hydroxylation sites is 1. The number of rotatable bonds is 7. The number of amides is 3. The Hall–Kier alpha value is -3.60. The number of carbonyl (C=O) groups excluding carboxylic acids is 3. The minimum Gasteiger partial charge on any atom is -0.483 e. The molecule has 2 heterocycles. The van der Waals surface area contributed by atoms with Crippen LogP contribution in [0.1, 0.15) is 36.3 Å². The summed E-state index contributed by atoms with van der Waals surface area (Å²) in [6.07, 6.45) is -4.21. The molecule has 2 atom stereocenters. The highest BCUT2D eigenvalue weighted by atomic mass is 19.4. The maximum absolute atomic E-state index is 14.5. The van der Waals surface area contributed by atoms with E-state index in [0.29, 0.717) is 25.1 Å². The van der Waals surface area contributed by atoms with Crippen LogP contribution in [0.15, 0.2) is 54.6 Å². The van der Waals surface area contributed by atoms with Crippen molar-refractivity contribution < 1.29 is 37.0 Å². The summed E-state index contributed by atoms with van der Waals surface area (Å²) < 4.78 is 54.4. The lowest BCUT2D eigenvalue weighted by Gasteiger charge is -2.50. The van der Waals surface area contributed by atoms with Crippen molar-refractivity contribution in [3.05, 3.63) is 65.7 Å². The number of hydrogen-bond donors (Lipinski definition) is 1. The van der Waals surface area contributed by atoms with Gasteiger partial charge in [0.15, 0.2) is 6.61 Å². The summed E-state index contributed by atoms with van der Waals surface area (Å²) >= 11 is 0. The SMILES string of the molecule is CO[C@@](C(=O)N1CCC2(CC1)CC(=O)NCC2c1ccccc1OCC(=O)N(C)C)(c1ccccc1)C(F)(F)F. The van der Waals surface area contributed by atoms with Gasteiger partial charge >= 0.3 is 6.18 Å². The van der Waals surface area contributed by atoms with Crippen molar-refractivity contribution in [1.29, 1.82) is 0 Å². The minimum atomic E-state index is -5.00. The molecule has 2 aromatic rings. The van der Waals surface area contributed by atoms with E-state index in [-0.39, 0.29) is 49.4 Å². The topological polar surface area (TPSA) is 88.2 Å². The third-order valence-corrected chi connectivity index (χ3v) is 8.13. The molecule has 3 amide bonds. The second-order valence-corrected chi connectivity index (χ2v) is 10.6. The van der Waals surface area contributed by atoms with Crippen LogP contribution in [0.2, 0.25) is 0 Å². The van der Waals surface area contributed by atoms with Gasteiger partial charge in [0.05, 0.1) is 0 Å². The van der Waals surface area contributed by atoms with Gasteiger partial charge in [-0.15, -0.1) is 0 Å². The number of methoxy groups -OCH3 is 1. The number of likely N-dealkylation sites (N-methyl/N-ethyl adjacent to an activating group) is 1. The third kappa shape index (κ3) is 5.39. The molecule has 0 bridgehead atoms. The number of nitrogens with one attached hydrogen (secondary N) is 1. The van der Waals surface area contributed by atoms with Gasteiger partial charge in [0.25, 0.3) is 17.4 Å². The van der Waals surface area contributed by atoms with Crippen molar-refractivity contribution in [3.63, 3.8) is 0 Å². The number of likely N-dealkylation sites (tertiary alicyclic amines) is 1. The van der Waals surface area contributed by atoms with E-state index in [0.717, 1.165) is 12.7 Å². The van der Waals surface area contributed by atoms with Crippen molar-refractivity contribution in [2.24, 2.45) is 5.41 Å². The van der Waals surface area contributed by atoms with Crippen LogP contribution in [0, 0.1) is 5.41 Å². The Morgan fingerprint density at radius 2 is 1.68 bits per heavy atom. The van der Waals surface area contributed by atoms with Crippen LogP contribution in [0.25, 0.3) is 0 Å². The lowest BCUT2D eigenvalue weighted by molar-refractivity contribution is -0.271. The molecule has 0 saturated carbocycles. The van der Waals surface area contributed by atoms with E-state index in [9.17, 15) is 27.6 Å². The van der Waals surface area contributed by atoms with Gasteiger partial charge in [-0.05, 0) is 29.9 Å². The van der Waals surface area contributed by atoms with E-state index in [2.05, 4.69) is 5.32 Å². The summed E-state index contributed by atoms with van der Waals surface area (Å²) in [6.45, 7) is 0.204. The summed E-state index contributed by atoms with van der Waals surface area (Å²) in [4.78, 5) is 40.9. The number of carbonyl (C=O) groups is 3. The Kier molecular flexibility index (Phi) is 8.44. The summed E-state index contributed by atoms with van der Waals surface area (Å²) in [5, 5.41) is 2.90. The average Bonchev–Trinajstić information content (AvgIpc) is 2.93. The van der Waals surface area contributed by atoms with Gasteiger partial charge in [-0.3, -0.25) is 14.4 Å². The molecule has 0 aliphatic carbocycles. The number of nitrogens with zero attached hydrogens (tertiary/aromatic N) is 2. The van der Waals surface area contributed by atoms with Crippen LogP contribution in [-0.2, 0) is 24.7 Å². The Balaban J connectivity index is 1.61. The van der Waals surface area contributed by atoms with Crippen molar-refractivity contribution in [1.82, 2.24) is 15.1 Å². The summed E-state index contributed by atoms with van der Waals surface area (Å²) in [7, 11) is 4.16. The maximum Gasteiger partial charge on any atom is 0.430 e. The van der Waals surface area contributed by atoms with Crippen LogP contribution >= 0.6 is 0 Å². The first-order chi connectivity index (χ1) is 18.9. The van der Waals surface area contributed by atoms with Gasteiger partial charge in [0, 0.05) is 58.7 Å². The molecule has 1 spiro atoms.